The number of halogens is 1. The van der Waals surface area contributed by atoms with Crippen LogP contribution in [0.2, 0.25) is 0 Å². The minimum Gasteiger partial charge on any atom is -0.496 e. The summed E-state index contributed by atoms with van der Waals surface area (Å²) in [5, 5.41) is 56.8. The van der Waals surface area contributed by atoms with Crippen molar-refractivity contribution in [2.75, 3.05) is 92.7 Å². The van der Waals surface area contributed by atoms with Crippen LogP contribution in [0.4, 0.5) is 4.39 Å². The molecular formula is C104H206FN13O5. The molecule has 0 bridgehead atoms. The van der Waals surface area contributed by atoms with Crippen molar-refractivity contribution >= 4 is 11.7 Å². The Morgan fingerprint density at radius 3 is 1.32 bits per heavy atom. The number of hydrogen-bond donors (Lipinski definition) is 13. The van der Waals surface area contributed by atoms with E-state index in [2.05, 4.69) is 341 Å². The fourth-order valence-electron chi connectivity index (χ4n) is 12.4. The summed E-state index contributed by atoms with van der Waals surface area (Å²) in [4.78, 5) is 25.4. The predicted molar refractivity (Wildman–Crippen MR) is 538 cm³/mol. The number of Topliss-reactive ketones (excluding diaryl/α,β-unsaturated/α-hetero) is 1. The third kappa shape index (κ3) is 95.2. The molecule has 2 heterocycles. The first kappa shape index (κ1) is 125. The number of nitrogens with zero attached hydrogens (tertiary/aromatic N) is 2. The number of ketones is 1. The molecule has 6 rings (SSSR count). The highest BCUT2D eigenvalue weighted by molar-refractivity contribution is 5.75. The average Bonchev–Trinajstić information content (AvgIpc) is 1.05. The molecule has 2 aromatic rings. The molecular weight excluding hydrogens is 1530 g/mol. The van der Waals surface area contributed by atoms with Crippen molar-refractivity contribution in [3.05, 3.63) is 102 Å². The fourth-order valence-corrected chi connectivity index (χ4v) is 12.4. The summed E-state index contributed by atoms with van der Waals surface area (Å²) in [5.41, 5.74) is 5.87. The molecule has 0 radical (unpaired) electrons. The van der Waals surface area contributed by atoms with Gasteiger partial charge in [0, 0.05) is 138 Å². The van der Waals surface area contributed by atoms with Gasteiger partial charge in [0.15, 0.2) is 0 Å². The van der Waals surface area contributed by atoms with Gasteiger partial charge < -0.3 is 88.0 Å². The second-order valence-corrected chi connectivity index (χ2v) is 47.0. The number of carbonyl (C=O) groups is 2. The molecule has 1 saturated heterocycles. The van der Waals surface area contributed by atoms with Crippen molar-refractivity contribution in [1.82, 2.24) is 68.3 Å². The first-order valence-corrected chi connectivity index (χ1v) is 47.1. The standard InChI is InChI=1S/C13H27FN2.C12H19NO.C12H19N.C11H18N2.C11H23NO.C10H22N2O.C10H21N.C9H19NO.C8H19NO.C8H19N/c1-11(14)10-16-7-5-12(6-8-16)9-15-13(2,3)4;1-12(2,3)13-9-10-7-5-6-8-11(10)14-4;1-12(2,3)13-10-9-11-7-5-4-6-8-11;1-9-5-6-10(7-12-9)8-13-11(2,3)4;1-10(2,3)12-9-11(13)7-5-4-6-8-11;1-9(13)12(5)8-6-7-11-10(2,3)4;1-10(2,3)11-8-9-6-4-5-7-9;1-8(11)6-5-7-10-9(2,3)4;1-7(2,3)9-6-8(4,5)10;1-7(2,3)9-8(4,5)6/h11-12,15H,5-10H2,1-4H3;5-8,13H,9H2,1-4H3;4-8,13H,9-10H2,1-3H3;5-7,12-13H,1,8H2,2-4H3;12-13H,4-9H2,1-3H3;11H,6-8H2,1-5H3;9,11H,4-8H2,1-3H3;10H,5-7H2,1-4H3;9-10H,6H2,1-5H3;9H,1-6H3. The molecule has 123 heavy (non-hydrogen) atoms. The zero-order valence-corrected chi connectivity index (χ0v) is 88.1. The lowest BCUT2D eigenvalue weighted by Gasteiger charge is -2.35. The summed E-state index contributed by atoms with van der Waals surface area (Å²) in [5.74, 6) is 3.10. The number of carbonyl (C=O) groups excluding carboxylic acids is 2. The maximum atomic E-state index is 12.8. The van der Waals surface area contributed by atoms with Crippen LogP contribution in [0.5, 0.6) is 5.75 Å². The number of para-hydroxylation sites is 1. The molecule has 2 aliphatic heterocycles. The summed E-state index contributed by atoms with van der Waals surface area (Å²) in [6.07, 6.45) is 22.9. The SMILES string of the molecule is C=C1C=CC(CNC(C)(C)C)=CN1.CC(=O)CCCNC(C)(C)C.CC(=O)N(C)CCCNC(C)(C)C.CC(C)(C)NC(C)(C)C.CC(C)(C)NCC1(O)CCCCC1.CC(C)(C)NCC1CCCC1.CC(C)(C)NCCc1ccccc1.CC(C)(O)CNC(C)(C)C.CC(F)CN1CCC(CNC(C)(C)C)CC1.COc1ccccc1CNC(C)(C)C. The van der Waals surface area contributed by atoms with Crippen LogP contribution >= 0.6 is 0 Å². The zero-order chi connectivity index (χ0) is 96.2. The average molecular weight is 1740 g/mol. The van der Waals surface area contributed by atoms with E-state index in [1.54, 1.807) is 46.6 Å². The van der Waals surface area contributed by atoms with Crippen LogP contribution in [-0.4, -0.2) is 203 Å². The molecule has 1 unspecified atom stereocenters. The van der Waals surface area contributed by atoms with Gasteiger partial charge in [-0.1, -0.05) is 93.3 Å². The number of β-amino-alcohol motifs (C(OH)–C–C–N with tert-alkyl or cyclic N) is 2. The highest BCUT2D eigenvalue weighted by atomic mass is 19.1. The molecule has 19 heteroatoms. The van der Waals surface area contributed by atoms with Crippen molar-refractivity contribution in [3.8, 4) is 5.75 Å². The Balaban J connectivity index is -0.000000642. The molecule has 2 saturated carbocycles. The van der Waals surface area contributed by atoms with Gasteiger partial charge in [-0.25, -0.2) is 4.39 Å². The number of dihydropyridines is 1. The number of allylic oxidation sites excluding steroid dienone is 1. The molecule has 13 N–H and O–H groups in total. The van der Waals surface area contributed by atoms with Crippen LogP contribution in [0.15, 0.2) is 90.8 Å². The summed E-state index contributed by atoms with van der Waals surface area (Å²) in [7, 11) is 3.54. The molecule has 0 spiro atoms. The lowest BCUT2D eigenvalue weighted by atomic mass is 9.84. The first-order valence-electron chi connectivity index (χ1n) is 47.1. The van der Waals surface area contributed by atoms with E-state index in [0.29, 0.717) is 25.0 Å². The number of piperidine rings is 1. The van der Waals surface area contributed by atoms with Crippen LogP contribution in [0.25, 0.3) is 0 Å². The summed E-state index contributed by atoms with van der Waals surface area (Å²) in [6.45, 7) is 95.6. The summed E-state index contributed by atoms with van der Waals surface area (Å²) < 4.78 is 18.1. The molecule has 2 aromatic carbocycles. The Hall–Kier alpha value is -4.19. The van der Waals surface area contributed by atoms with Crippen molar-refractivity contribution in [2.45, 2.75) is 444 Å². The highest BCUT2D eigenvalue weighted by Gasteiger charge is 2.31. The van der Waals surface area contributed by atoms with Gasteiger partial charge in [-0.2, -0.15) is 0 Å². The third-order valence-corrected chi connectivity index (χ3v) is 19.0. The van der Waals surface area contributed by atoms with Gasteiger partial charge in [0.2, 0.25) is 5.91 Å². The maximum absolute atomic E-state index is 12.8. The van der Waals surface area contributed by atoms with Gasteiger partial charge in [0.25, 0.3) is 0 Å². The van der Waals surface area contributed by atoms with Crippen molar-refractivity contribution in [1.29, 1.82) is 0 Å². The van der Waals surface area contributed by atoms with Gasteiger partial charge in [-0.3, -0.25) is 4.79 Å². The van der Waals surface area contributed by atoms with Gasteiger partial charge in [-0.15, -0.1) is 0 Å². The Labute approximate surface area is 761 Å². The van der Waals surface area contributed by atoms with Crippen LogP contribution < -0.4 is 63.2 Å². The Morgan fingerprint density at radius 1 is 0.528 bits per heavy atom. The monoisotopic (exact) mass is 1740 g/mol. The number of amides is 1. The molecule has 1 atom stereocenters. The molecule has 2 aliphatic carbocycles. The quantitative estimate of drug-likeness (QED) is 0.0394. The molecule has 0 aromatic heterocycles. The number of likely N-dealkylation sites (tertiary alicyclic amines) is 1. The van der Waals surface area contributed by atoms with Gasteiger partial charge in [0.05, 0.1) is 18.3 Å². The smallest absolute Gasteiger partial charge is 0.219 e. The predicted octanol–water partition coefficient (Wildman–Crippen LogP) is 20.5. The van der Waals surface area contributed by atoms with E-state index in [-0.39, 0.29) is 67.1 Å². The summed E-state index contributed by atoms with van der Waals surface area (Å²) in [6, 6.07) is 18.7. The Kier molecular flexibility index (Phi) is 62.4. The molecule has 1 amide bonds. The Morgan fingerprint density at radius 2 is 0.943 bits per heavy atom. The zero-order valence-electron chi connectivity index (χ0n) is 88.1. The van der Waals surface area contributed by atoms with E-state index in [4.69, 9.17) is 4.74 Å². The van der Waals surface area contributed by atoms with Crippen LogP contribution in [-0.2, 0) is 22.6 Å². The number of methoxy groups -OCH3 is 1. The third-order valence-electron chi connectivity index (χ3n) is 19.0. The van der Waals surface area contributed by atoms with E-state index in [9.17, 15) is 24.2 Å². The van der Waals surface area contributed by atoms with Gasteiger partial charge >= 0.3 is 0 Å². The van der Waals surface area contributed by atoms with Gasteiger partial charge in [-0.05, 0) is 395 Å². The van der Waals surface area contributed by atoms with E-state index < -0.39 is 17.4 Å². The van der Waals surface area contributed by atoms with E-state index in [1.807, 2.05) is 37.5 Å². The number of benzene rings is 2. The number of rotatable bonds is 26. The highest BCUT2D eigenvalue weighted by Crippen LogP contribution is 2.28. The van der Waals surface area contributed by atoms with Crippen molar-refractivity contribution < 1.29 is 28.9 Å². The minimum absolute atomic E-state index is 0.0972. The fraction of sp³-hybridized carbons (Fsp3) is 0.808. The lowest BCUT2D eigenvalue weighted by molar-refractivity contribution is -0.127. The normalized spacial score (nSPS) is 15.9. The van der Waals surface area contributed by atoms with Crippen molar-refractivity contribution in [2.24, 2.45) is 11.8 Å². The number of aliphatic hydroxyl groups is 2. The largest absolute Gasteiger partial charge is 0.496 e. The minimum atomic E-state index is -0.691. The molecule has 18 nitrogen and oxygen atoms in total. The molecule has 4 aliphatic rings. The second kappa shape index (κ2) is 61.4. The van der Waals surface area contributed by atoms with Crippen LogP contribution in [0.1, 0.15) is 364 Å². The number of nitrogens with one attached hydrogen (secondary N) is 11. The van der Waals surface area contributed by atoms with E-state index in [1.165, 1.54) is 81.0 Å². The van der Waals surface area contributed by atoms with Crippen molar-refractivity contribution in [3.63, 3.8) is 0 Å². The lowest BCUT2D eigenvalue weighted by Crippen LogP contribution is -2.48. The van der Waals surface area contributed by atoms with Crippen LogP contribution in [0.3, 0.4) is 0 Å². The molecule has 724 valence electrons. The number of alkyl halides is 1. The number of hydrogen-bond acceptors (Lipinski definition) is 17. The first-order chi connectivity index (χ1) is 55.6. The van der Waals surface area contributed by atoms with E-state index >= 15 is 0 Å². The topological polar surface area (TPSA) is 223 Å². The number of ether oxygens (including phenoxy) is 1. The van der Waals surface area contributed by atoms with E-state index in [0.717, 1.165) is 121 Å². The second-order valence-electron chi connectivity index (χ2n) is 47.0. The van der Waals surface area contributed by atoms with Crippen LogP contribution in [0, 0.1) is 11.8 Å². The maximum Gasteiger partial charge on any atom is 0.219 e. The van der Waals surface area contributed by atoms with Gasteiger partial charge in [0.1, 0.15) is 17.7 Å². The Bertz CT molecular complexity index is 3010. The summed E-state index contributed by atoms with van der Waals surface area (Å²) >= 11 is 0. The molecule has 3 fully saturated rings.